The van der Waals surface area contributed by atoms with Gasteiger partial charge in [0.1, 0.15) is 11.3 Å². The van der Waals surface area contributed by atoms with Crippen molar-refractivity contribution in [2.45, 2.75) is 30.5 Å². The Hall–Kier alpha value is -2.91. The SMILES string of the molecule is CCOC(=O)C1=C(C)NC(=S)N[C@@]1(c1cccc(O)c1)S(=O)(=O)c1ccc(C)cc1. The lowest BCUT2D eigenvalue weighted by atomic mass is 9.94. The Bertz CT molecular complexity index is 1140. The number of aryl methyl sites for hydroxylation is 1. The van der Waals surface area contributed by atoms with Gasteiger partial charge >= 0.3 is 5.97 Å². The van der Waals surface area contributed by atoms with Gasteiger partial charge in [-0.15, -0.1) is 0 Å². The van der Waals surface area contributed by atoms with Gasteiger partial charge in [0.05, 0.1) is 11.5 Å². The Labute approximate surface area is 180 Å². The lowest BCUT2D eigenvalue weighted by molar-refractivity contribution is -0.139. The van der Waals surface area contributed by atoms with E-state index in [0.29, 0.717) is 0 Å². The van der Waals surface area contributed by atoms with Crippen LogP contribution in [-0.4, -0.2) is 31.2 Å². The quantitative estimate of drug-likeness (QED) is 0.476. The van der Waals surface area contributed by atoms with Crippen molar-refractivity contribution in [3.63, 3.8) is 0 Å². The summed E-state index contributed by atoms with van der Waals surface area (Å²) in [6.07, 6.45) is 0. The number of ether oxygens (including phenoxy) is 1. The second-order valence-corrected chi connectivity index (χ2v) is 9.35. The maximum atomic E-state index is 14.1. The summed E-state index contributed by atoms with van der Waals surface area (Å²) in [6, 6.07) is 12.0. The number of phenols is 1. The summed E-state index contributed by atoms with van der Waals surface area (Å²) in [5.74, 6) is -0.963. The summed E-state index contributed by atoms with van der Waals surface area (Å²) >= 11 is 5.27. The average Bonchev–Trinajstić information content (AvgIpc) is 2.67. The summed E-state index contributed by atoms with van der Waals surface area (Å²) in [5.41, 5.74) is 1.11. The molecule has 1 aliphatic rings. The summed E-state index contributed by atoms with van der Waals surface area (Å²) in [4.78, 5) is 10.9. The number of carbonyl (C=O) groups is 1. The van der Waals surface area contributed by atoms with E-state index in [1.165, 1.54) is 36.4 Å². The summed E-state index contributed by atoms with van der Waals surface area (Å²) in [7, 11) is -4.30. The van der Waals surface area contributed by atoms with E-state index < -0.39 is 20.7 Å². The normalized spacial score (nSPS) is 19.1. The molecule has 0 fully saturated rings. The highest BCUT2D eigenvalue weighted by Gasteiger charge is 2.56. The molecule has 3 N–H and O–H groups in total. The average molecular weight is 447 g/mol. The van der Waals surface area contributed by atoms with Crippen molar-refractivity contribution in [3.8, 4) is 5.75 Å². The van der Waals surface area contributed by atoms with E-state index >= 15 is 0 Å². The second-order valence-electron chi connectivity index (χ2n) is 6.85. The predicted molar refractivity (Wildman–Crippen MR) is 116 cm³/mol. The van der Waals surface area contributed by atoms with Gasteiger partial charge in [-0.25, -0.2) is 13.2 Å². The van der Waals surface area contributed by atoms with Crippen LogP contribution in [0.4, 0.5) is 0 Å². The molecule has 0 saturated carbocycles. The topological polar surface area (TPSA) is 105 Å². The van der Waals surface area contributed by atoms with Crippen LogP contribution in [0, 0.1) is 6.92 Å². The summed E-state index contributed by atoms with van der Waals surface area (Å²) < 4.78 is 33.3. The van der Waals surface area contributed by atoms with E-state index in [4.69, 9.17) is 17.0 Å². The first-order chi connectivity index (χ1) is 14.1. The molecule has 0 amide bonds. The minimum absolute atomic E-state index is 0.0109. The van der Waals surface area contributed by atoms with Crippen molar-refractivity contribution in [1.29, 1.82) is 0 Å². The first-order valence-electron chi connectivity index (χ1n) is 9.22. The number of nitrogens with one attached hydrogen (secondary N) is 2. The fraction of sp³-hybridized carbons (Fsp3) is 0.238. The molecule has 30 heavy (non-hydrogen) atoms. The molecular formula is C21H22N2O5S2. The van der Waals surface area contributed by atoms with Gasteiger partial charge in [-0.3, -0.25) is 0 Å². The number of hydrogen-bond acceptors (Lipinski definition) is 6. The van der Waals surface area contributed by atoms with Crippen LogP contribution in [0.25, 0.3) is 0 Å². The molecule has 0 spiro atoms. The van der Waals surface area contributed by atoms with Gasteiger partial charge in [0, 0.05) is 11.3 Å². The number of sulfone groups is 1. The van der Waals surface area contributed by atoms with Gasteiger partial charge in [0.15, 0.2) is 5.11 Å². The van der Waals surface area contributed by atoms with E-state index in [2.05, 4.69) is 10.6 Å². The fourth-order valence-corrected chi connectivity index (χ4v) is 5.84. The lowest BCUT2D eigenvalue weighted by Crippen LogP contribution is -2.61. The highest BCUT2D eigenvalue weighted by molar-refractivity contribution is 7.92. The molecule has 1 atom stereocenters. The van der Waals surface area contributed by atoms with Crippen molar-refractivity contribution >= 4 is 33.1 Å². The monoisotopic (exact) mass is 446 g/mol. The third-order valence-electron chi connectivity index (χ3n) is 4.78. The first-order valence-corrected chi connectivity index (χ1v) is 11.1. The van der Waals surface area contributed by atoms with Crippen LogP contribution in [-0.2, 0) is 24.2 Å². The third-order valence-corrected chi connectivity index (χ3v) is 7.23. The minimum Gasteiger partial charge on any atom is -0.508 e. The molecule has 0 saturated heterocycles. The van der Waals surface area contributed by atoms with E-state index in [1.54, 1.807) is 26.0 Å². The molecule has 7 nitrogen and oxygen atoms in total. The molecule has 1 heterocycles. The number of carbonyl (C=O) groups excluding carboxylic acids is 1. The van der Waals surface area contributed by atoms with Gasteiger partial charge in [-0.05, 0) is 57.3 Å². The molecular weight excluding hydrogens is 424 g/mol. The molecule has 2 aromatic carbocycles. The number of thiocarbonyl (C=S) groups is 1. The Morgan fingerprint density at radius 1 is 1.17 bits per heavy atom. The number of hydrogen-bond donors (Lipinski definition) is 3. The maximum absolute atomic E-state index is 14.1. The molecule has 158 valence electrons. The van der Waals surface area contributed by atoms with Crippen molar-refractivity contribution in [2.75, 3.05) is 6.61 Å². The van der Waals surface area contributed by atoms with Gasteiger partial charge < -0.3 is 20.5 Å². The van der Waals surface area contributed by atoms with Crippen LogP contribution in [0.5, 0.6) is 5.75 Å². The van der Waals surface area contributed by atoms with Crippen LogP contribution in [0.15, 0.2) is 64.7 Å². The van der Waals surface area contributed by atoms with Crippen LogP contribution < -0.4 is 10.6 Å². The van der Waals surface area contributed by atoms with Crippen molar-refractivity contribution < 1.29 is 23.1 Å². The number of rotatable bonds is 5. The zero-order valence-electron chi connectivity index (χ0n) is 16.7. The van der Waals surface area contributed by atoms with Gasteiger partial charge in [-0.1, -0.05) is 29.8 Å². The van der Waals surface area contributed by atoms with Crippen LogP contribution >= 0.6 is 12.2 Å². The van der Waals surface area contributed by atoms with Crippen LogP contribution in [0.1, 0.15) is 25.0 Å². The Kier molecular flexibility index (Phi) is 5.87. The Morgan fingerprint density at radius 2 is 1.83 bits per heavy atom. The molecule has 0 unspecified atom stereocenters. The van der Waals surface area contributed by atoms with Gasteiger partial charge in [0.2, 0.25) is 14.7 Å². The number of allylic oxidation sites excluding steroid dienone is 1. The maximum Gasteiger partial charge on any atom is 0.339 e. The molecule has 0 bridgehead atoms. The zero-order chi connectivity index (χ0) is 22.1. The molecule has 0 aliphatic carbocycles. The minimum atomic E-state index is -4.30. The van der Waals surface area contributed by atoms with Crippen LogP contribution in [0.2, 0.25) is 0 Å². The predicted octanol–water partition coefficient (Wildman–Crippen LogP) is 2.64. The molecule has 2 aromatic rings. The highest BCUT2D eigenvalue weighted by atomic mass is 32.2. The van der Waals surface area contributed by atoms with Crippen molar-refractivity contribution in [1.82, 2.24) is 10.6 Å². The first kappa shape index (κ1) is 21.8. The van der Waals surface area contributed by atoms with Gasteiger partial charge in [-0.2, -0.15) is 0 Å². The number of benzene rings is 2. The Balaban J connectivity index is 2.43. The number of esters is 1. The Morgan fingerprint density at radius 3 is 2.43 bits per heavy atom. The van der Waals surface area contributed by atoms with Crippen molar-refractivity contribution in [3.05, 3.63) is 70.9 Å². The smallest absolute Gasteiger partial charge is 0.339 e. The van der Waals surface area contributed by atoms with Crippen LogP contribution in [0.3, 0.4) is 0 Å². The fourth-order valence-electron chi connectivity index (χ4n) is 3.44. The lowest BCUT2D eigenvalue weighted by Gasteiger charge is -2.40. The summed E-state index contributed by atoms with van der Waals surface area (Å²) in [6.45, 7) is 5.09. The second kappa shape index (κ2) is 8.08. The molecule has 1 aliphatic heterocycles. The van der Waals surface area contributed by atoms with E-state index in [0.717, 1.165) is 5.56 Å². The zero-order valence-corrected chi connectivity index (χ0v) is 18.4. The number of phenolic OH excluding ortho intramolecular Hbond substituents is 1. The van der Waals surface area contributed by atoms with E-state index in [9.17, 15) is 18.3 Å². The molecule has 0 radical (unpaired) electrons. The summed E-state index contributed by atoms with van der Waals surface area (Å²) in [5, 5.41) is 15.7. The highest BCUT2D eigenvalue weighted by Crippen LogP contribution is 2.43. The molecule has 9 heteroatoms. The molecule has 3 rings (SSSR count). The molecule has 0 aromatic heterocycles. The van der Waals surface area contributed by atoms with Gasteiger partial charge in [0.25, 0.3) is 0 Å². The van der Waals surface area contributed by atoms with Crippen molar-refractivity contribution in [2.24, 2.45) is 0 Å². The van der Waals surface area contributed by atoms with E-state index in [1.807, 2.05) is 6.92 Å². The standard InChI is InChI=1S/C21H22N2O5S2/c1-4-28-19(25)18-14(3)22-20(29)23-21(18,15-6-5-7-16(24)12-15)30(26,27)17-10-8-13(2)9-11-17/h5-12,24H,4H2,1-3H3,(H2,22,23,29)/t21-/m0/s1. The number of aromatic hydroxyl groups is 1. The largest absolute Gasteiger partial charge is 0.508 e. The third kappa shape index (κ3) is 3.54. The van der Waals surface area contributed by atoms with E-state index in [-0.39, 0.29) is 39.2 Å².